The molecule has 0 aliphatic carbocycles. The van der Waals surface area contributed by atoms with E-state index >= 15 is 0 Å². The van der Waals surface area contributed by atoms with Crippen molar-refractivity contribution in [1.82, 2.24) is 0 Å². The molecule has 132 valence electrons. The maximum atomic E-state index is 2.54. The molecule has 2 aromatic rings. The average molecular weight is 368 g/mol. The van der Waals surface area contributed by atoms with E-state index in [1.807, 2.05) is 0 Å². The highest BCUT2D eigenvalue weighted by molar-refractivity contribution is 7.75. The van der Waals surface area contributed by atoms with Crippen molar-refractivity contribution >= 4 is 15.8 Å². The van der Waals surface area contributed by atoms with E-state index in [0.29, 0.717) is 0 Å². The monoisotopic (exact) mass is 368 g/mol. The third-order valence-corrected chi connectivity index (χ3v) is 14.5. The van der Waals surface area contributed by atoms with Crippen molar-refractivity contribution in [2.45, 2.75) is 62.2 Å². The van der Waals surface area contributed by atoms with Crippen LogP contribution in [0.15, 0.2) is 60.7 Å². The molecule has 0 aromatic heterocycles. The van der Waals surface area contributed by atoms with E-state index in [4.69, 9.17) is 0 Å². The van der Waals surface area contributed by atoms with Crippen LogP contribution < -0.4 is 0 Å². The lowest BCUT2D eigenvalue weighted by atomic mass is 10.1. The molecule has 0 radical (unpaired) electrons. The Morgan fingerprint density at radius 2 is 1.04 bits per heavy atom. The van der Waals surface area contributed by atoms with Crippen molar-refractivity contribution in [1.29, 1.82) is 0 Å². The van der Waals surface area contributed by atoms with Crippen molar-refractivity contribution in [2.75, 3.05) is 5.90 Å². The van der Waals surface area contributed by atoms with E-state index in [2.05, 4.69) is 74.5 Å². The molecule has 2 heterocycles. The molecule has 2 heteroatoms. The molecule has 25 heavy (non-hydrogen) atoms. The SMILES string of the molecule is C[C@@H]1CC[C@@H](c2ccccc2)P1CP1[C@H](C)CC[C@H]1c1ccccc1. The molecule has 2 aliphatic heterocycles. The zero-order chi connectivity index (χ0) is 17.2. The van der Waals surface area contributed by atoms with Gasteiger partial charge in [0.25, 0.3) is 0 Å². The van der Waals surface area contributed by atoms with Crippen LogP contribution in [0.25, 0.3) is 0 Å². The average Bonchev–Trinajstić information content (AvgIpc) is 3.21. The van der Waals surface area contributed by atoms with Crippen LogP contribution >= 0.6 is 15.8 Å². The third-order valence-electron chi connectivity index (χ3n) is 6.34. The number of benzene rings is 2. The van der Waals surface area contributed by atoms with Crippen molar-refractivity contribution < 1.29 is 0 Å². The molecular formula is C23H30P2. The van der Waals surface area contributed by atoms with Gasteiger partial charge < -0.3 is 0 Å². The van der Waals surface area contributed by atoms with Gasteiger partial charge in [0.15, 0.2) is 0 Å². The minimum absolute atomic E-state index is 0.128. The van der Waals surface area contributed by atoms with Gasteiger partial charge in [-0.25, -0.2) is 0 Å². The fourth-order valence-electron chi connectivity index (χ4n) is 4.81. The Hall–Kier alpha value is -0.700. The molecule has 0 bridgehead atoms. The van der Waals surface area contributed by atoms with Gasteiger partial charge in [-0.15, -0.1) is 0 Å². The summed E-state index contributed by atoms with van der Waals surface area (Å²) in [7, 11) is 0.256. The first-order valence-electron chi connectivity index (χ1n) is 9.85. The second kappa shape index (κ2) is 7.90. The molecular weight excluding hydrogens is 338 g/mol. The number of rotatable bonds is 4. The molecule has 2 fully saturated rings. The first kappa shape index (κ1) is 17.7. The van der Waals surface area contributed by atoms with Gasteiger partial charge in [0.1, 0.15) is 0 Å². The lowest BCUT2D eigenvalue weighted by molar-refractivity contribution is 0.771. The first-order chi connectivity index (χ1) is 12.2. The first-order valence-corrected chi connectivity index (χ1v) is 13.2. The van der Waals surface area contributed by atoms with Crippen molar-refractivity contribution in [3.63, 3.8) is 0 Å². The molecule has 0 amide bonds. The Labute approximate surface area is 155 Å². The Bertz CT molecular complexity index is 610. The Balaban J connectivity index is 1.56. The van der Waals surface area contributed by atoms with Crippen LogP contribution in [0.3, 0.4) is 0 Å². The van der Waals surface area contributed by atoms with Crippen LogP contribution in [-0.2, 0) is 0 Å². The molecule has 2 aliphatic rings. The van der Waals surface area contributed by atoms with Gasteiger partial charge >= 0.3 is 0 Å². The molecule has 4 rings (SSSR count). The maximum absolute atomic E-state index is 2.54. The minimum atomic E-state index is 0.128. The third kappa shape index (κ3) is 3.72. The number of hydrogen-bond acceptors (Lipinski definition) is 0. The van der Waals surface area contributed by atoms with Crippen LogP contribution in [0, 0.1) is 0 Å². The fourth-order valence-corrected chi connectivity index (χ4v) is 14.4. The summed E-state index contributed by atoms with van der Waals surface area (Å²) in [6.45, 7) is 5.09. The van der Waals surface area contributed by atoms with Crippen LogP contribution in [0.4, 0.5) is 0 Å². The van der Waals surface area contributed by atoms with Crippen LogP contribution in [-0.4, -0.2) is 17.2 Å². The molecule has 2 aromatic carbocycles. The van der Waals surface area contributed by atoms with Gasteiger partial charge in [0, 0.05) is 11.3 Å². The predicted octanol–water partition coefficient (Wildman–Crippen LogP) is 7.75. The highest BCUT2D eigenvalue weighted by atomic mass is 31.2. The van der Waals surface area contributed by atoms with Crippen molar-refractivity contribution in [3.8, 4) is 0 Å². The highest BCUT2D eigenvalue weighted by Crippen LogP contribution is 2.74. The van der Waals surface area contributed by atoms with E-state index in [1.165, 1.54) is 25.7 Å². The molecule has 2 unspecified atom stereocenters. The van der Waals surface area contributed by atoms with E-state index < -0.39 is 0 Å². The van der Waals surface area contributed by atoms with E-state index in [1.54, 1.807) is 17.0 Å². The summed E-state index contributed by atoms with van der Waals surface area (Å²) >= 11 is 0. The smallest absolute Gasteiger partial charge is 0.00475 e. The zero-order valence-electron chi connectivity index (χ0n) is 15.5. The molecule has 6 atom stereocenters. The molecule has 0 spiro atoms. The Morgan fingerprint density at radius 1 is 0.640 bits per heavy atom. The summed E-state index contributed by atoms with van der Waals surface area (Å²) in [6.07, 6.45) is 5.73. The van der Waals surface area contributed by atoms with E-state index in [0.717, 1.165) is 22.6 Å². The van der Waals surface area contributed by atoms with Crippen LogP contribution in [0.2, 0.25) is 0 Å². The van der Waals surface area contributed by atoms with Gasteiger partial charge in [-0.2, -0.15) is 0 Å². The van der Waals surface area contributed by atoms with Crippen LogP contribution in [0.5, 0.6) is 0 Å². The largest absolute Gasteiger partial charge is 0.0917 e. The zero-order valence-corrected chi connectivity index (χ0v) is 17.3. The van der Waals surface area contributed by atoms with Gasteiger partial charge in [-0.3, -0.25) is 0 Å². The molecule has 0 nitrogen and oxygen atoms in total. The lowest BCUT2D eigenvalue weighted by Gasteiger charge is -2.32. The summed E-state index contributed by atoms with van der Waals surface area (Å²) < 4.78 is 0. The molecule has 0 saturated carbocycles. The summed E-state index contributed by atoms with van der Waals surface area (Å²) in [6, 6.07) is 22.8. The Kier molecular flexibility index (Phi) is 5.59. The van der Waals surface area contributed by atoms with Crippen molar-refractivity contribution in [3.05, 3.63) is 71.8 Å². The fraction of sp³-hybridized carbons (Fsp3) is 0.478. The van der Waals surface area contributed by atoms with Gasteiger partial charge in [-0.05, 0) is 54.0 Å². The van der Waals surface area contributed by atoms with Gasteiger partial charge in [0.05, 0.1) is 0 Å². The van der Waals surface area contributed by atoms with Crippen molar-refractivity contribution in [2.24, 2.45) is 0 Å². The highest BCUT2D eigenvalue weighted by Gasteiger charge is 2.40. The van der Waals surface area contributed by atoms with Gasteiger partial charge in [-0.1, -0.05) is 90.4 Å². The summed E-state index contributed by atoms with van der Waals surface area (Å²) in [5.41, 5.74) is 6.86. The van der Waals surface area contributed by atoms with Crippen LogP contribution in [0.1, 0.15) is 62.0 Å². The van der Waals surface area contributed by atoms with E-state index in [9.17, 15) is 0 Å². The van der Waals surface area contributed by atoms with E-state index in [-0.39, 0.29) is 15.8 Å². The minimum Gasteiger partial charge on any atom is -0.0917 e. The predicted molar refractivity (Wildman–Crippen MR) is 114 cm³/mol. The molecule has 2 saturated heterocycles. The number of hydrogen-bond donors (Lipinski definition) is 0. The van der Waals surface area contributed by atoms with Gasteiger partial charge in [0.2, 0.25) is 0 Å². The quantitative estimate of drug-likeness (QED) is 0.484. The second-order valence-electron chi connectivity index (χ2n) is 7.88. The topological polar surface area (TPSA) is 0 Å². The summed E-state index contributed by atoms with van der Waals surface area (Å²) in [4.78, 5) is 0. The lowest BCUT2D eigenvalue weighted by Crippen LogP contribution is -2.04. The second-order valence-corrected chi connectivity index (χ2v) is 14.1. The molecule has 0 N–H and O–H groups in total. The standard InChI is InChI=1S/C23H30P2/c1-18-13-15-22(20-9-5-3-6-10-20)24(18)17-25-19(2)14-16-23(25)21-11-7-4-8-12-21/h3-12,18-19,22-23H,13-17H2,1-2H3/t18-,19-,22+,23+,24?,25?/m1/s1. The Morgan fingerprint density at radius 3 is 1.44 bits per heavy atom. The maximum Gasteiger partial charge on any atom is 0.00475 e. The normalized spacial score (nSPS) is 35.1. The summed E-state index contributed by atoms with van der Waals surface area (Å²) in [5.74, 6) is 1.55. The summed E-state index contributed by atoms with van der Waals surface area (Å²) in [5, 5.41) is 0.